The van der Waals surface area contributed by atoms with Gasteiger partial charge in [0.25, 0.3) is 0 Å². The number of methoxy groups -OCH3 is 2. The molecule has 0 spiro atoms. The number of likely N-dealkylation sites (tertiary alicyclic amines) is 1. The fourth-order valence-corrected chi connectivity index (χ4v) is 6.30. The largest absolute Gasteiger partial charge is 0.453 e. The van der Waals surface area contributed by atoms with E-state index in [2.05, 4.69) is 0 Å². The van der Waals surface area contributed by atoms with E-state index < -0.39 is 7.60 Å². The van der Waals surface area contributed by atoms with E-state index in [0.717, 1.165) is 25.7 Å². The van der Waals surface area contributed by atoms with Crippen LogP contribution in [0.2, 0.25) is 0 Å². The first-order chi connectivity index (χ1) is 12.0. The number of carbonyl (C=O) groups excluding carboxylic acids is 1. The smallest absolute Gasteiger partial charge is 0.411 e. The maximum absolute atomic E-state index is 12.8. The van der Waals surface area contributed by atoms with E-state index in [9.17, 15) is 9.36 Å². The number of ether oxygens (including phenoxy) is 2. The number of carbonyl (C=O) groups is 1. The van der Waals surface area contributed by atoms with E-state index in [-0.39, 0.29) is 12.3 Å². The molecule has 0 bridgehead atoms. The zero-order valence-corrected chi connectivity index (χ0v) is 16.7. The Hall–Kier alpha value is -0.620. The zero-order chi connectivity index (χ0) is 18.4. The third-order valence-corrected chi connectivity index (χ3v) is 7.61. The molecule has 1 heterocycles. The topological polar surface area (TPSA) is 74.3 Å². The summed E-state index contributed by atoms with van der Waals surface area (Å²) in [5, 5.41) is 0. The van der Waals surface area contributed by atoms with Crippen LogP contribution >= 0.6 is 7.60 Å². The van der Waals surface area contributed by atoms with Gasteiger partial charge in [-0.1, -0.05) is 0 Å². The molecule has 2 rings (SSSR count). The lowest BCUT2D eigenvalue weighted by molar-refractivity contribution is -0.0883. The zero-order valence-electron chi connectivity index (χ0n) is 15.8. The van der Waals surface area contributed by atoms with Crippen molar-refractivity contribution in [1.29, 1.82) is 0 Å². The Labute approximate surface area is 150 Å². The van der Waals surface area contributed by atoms with Gasteiger partial charge in [0.2, 0.25) is 0 Å². The summed E-state index contributed by atoms with van der Waals surface area (Å²) in [5.74, 6) is 1.23. The van der Waals surface area contributed by atoms with E-state index in [4.69, 9.17) is 18.5 Å². The minimum Gasteiger partial charge on any atom is -0.453 e. The fraction of sp³-hybridized carbons (Fsp3) is 0.941. The van der Waals surface area contributed by atoms with Crippen molar-refractivity contribution < 1.29 is 27.9 Å². The van der Waals surface area contributed by atoms with Crippen molar-refractivity contribution in [2.24, 2.45) is 17.8 Å². The Morgan fingerprint density at radius 3 is 2.32 bits per heavy atom. The summed E-state index contributed by atoms with van der Waals surface area (Å²) in [6.45, 7) is 5.14. The van der Waals surface area contributed by atoms with Crippen molar-refractivity contribution in [2.45, 2.75) is 45.8 Å². The van der Waals surface area contributed by atoms with Crippen molar-refractivity contribution in [3.63, 3.8) is 0 Å². The molecular formula is C17H32NO6P. The lowest BCUT2D eigenvalue weighted by atomic mass is 9.71. The second-order valence-corrected chi connectivity index (χ2v) is 8.98. The average Bonchev–Trinajstić information content (AvgIpc) is 2.60. The molecule has 1 aliphatic carbocycles. The first kappa shape index (κ1) is 20.7. The highest BCUT2D eigenvalue weighted by atomic mass is 31.2. The van der Waals surface area contributed by atoms with Gasteiger partial charge in [-0.25, -0.2) is 4.79 Å². The predicted molar refractivity (Wildman–Crippen MR) is 94.6 cm³/mol. The Balaban J connectivity index is 1.99. The highest BCUT2D eigenvalue weighted by Crippen LogP contribution is 2.53. The Kier molecular flexibility index (Phi) is 7.74. The molecule has 1 saturated heterocycles. The monoisotopic (exact) mass is 377 g/mol. The van der Waals surface area contributed by atoms with Gasteiger partial charge in [-0.05, 0) is 57.3 Å². The summed E-state index contributed by atoms with van der Waals surface area (Å²) >= 11 is 0. The van der Waals surface area contributed by atoms with Crippen molar-refractivity contribution in [3.8, 4) is 0 Å². The molecule has 1 aliphatic heterocycles. The minimum atomic E-state index is -3.01. The van der Waals surface area contributed by atoms with Crippen LogP contribution in [0.3, 0.4) is 0 Å². The number of rotatable bonds is 7. The van der Waals surface area contributed by atoms with Crippen LogP contribution < -0.4 is 0 Å². The standard InChI is InChI=1S/C17H32NO6P/c1-5-23-25(20,24-6-2)12-13-7-8-14-11-18(17(19)22-4)16(21-3)10-15(14)9-13/h13-16H,5-12H2,1-4H3/t13-,14-,15+,16-/m0/s1. The molecule has 4 atom stereocenters. The van der Waals surface area contributed by atoms with Crippen LogP contribution in [0, 0.1) is 17.8 Å². The van der Waals surface area contributed by atoms with Crippen LogP contribution in [0.5, 0.6) is 0 Å². The van der Waals surface area contributed by atoms with Gasteiger partial charge in [0.15, 0.2) is 0 Å². The molecule has 2 aliphatic rings. The summed E-state index contributed by atoms with van der Waals surface area (Å²) in [4.78, 5) is 13.6. The van der Waals surface area contributed by atoms with Gasteiger partial charge < -0.3 is 18.5 Å². The number of amides is 1. The number of fused-ring (bicyclic) bond motifs is 1. The van der Waals surface area contributed by atoms with Crippen LogP contribution in [0.4, 0.5) is 4.79 Å². The van der Waals surface area contributed by atoms with Gasteiger partial charge in [0, 0.05) is 13.7 Å². The SMILES string of the molecule is CCOP(=O)(C[C@H]1CC[C@H]2CN(C(=O)OC)[C@@H](OC)C[C@H]2C1)OCC. The Morgan fingerprint density at radius 2 is 1.76 bits per heavy atom. The van der Waals surface area contributed by atoms with Gasteiger partial charge in [0.1, 0.15) is 6.23 Å². The molecule has 0 aromatic heterocycles. The third kappa shape index (κ3) is 5.19. The van der Waals surface area contributed by atoms with Crippen LogP contribution in [0.1, 0.15) is 39.5 Å². The van der Waals surface area contributed by atoms with E-state index >= 15 is 0 Å². The van der Waals surface area contributed by atoms with Crippen LogP contribution in [-0.2, 0) is 23.1 Å². The Bertz CT molecular complexity index is 478. The predicted octanol–water partition coefficient (Wildman–Crippen LogP) is 3.73. The molecule has 0 aromatic rings. The highest BCUT2D eigenvalue weighted by molar-refractivity contribution is 7.53. The molecule has 0 N–H and O–H groups in total. The first-order valence-electron chi connectivity index (χ1n) is 9.21. The second kappa shape index (κ2) is 9.36. The molecule has 146 valence electrons. The lowest BCUT2D eigenvalue weighted by Gasteiger charge is -2.46. The number of hydrogen-bond acceptors (Lipinski definition) is 6. The van der Waals surface area contributed by atoms with Gasteiger partial charge in [-0.15, -0.1) is 0 Å². The molecular weight excluding hydrogens is 345 g/mol. The third-order valence-electron chi connectivity index (χ3n) is 5.35. The van der Waals surface area contributed by atoms with E-state index in [1.165, 1.54) is 7.11 Å². The van der Waals surface area contributed by atoms with Gasteiger partial charge in [0.05, 0.1) is 26.5 Å². The minimum absolute atomic E-state index is 0.252. The molecule has 0 unspecified atom stereocenters. The van der Waals surface area contributed by atoms with Crippen molar-refractivity contribution in [3.05, 3.63) is 0 Å². The van der Waals surface area contributed by atoms with E-state index in [1.807, 2.05) is 13.8 Å². The maximum Gasteiger partial charge on any atom is 0.411 e. The number of nitrogens with zero attached hydrogens (tertiary/aromatic N) is 1. The normalized spacial score (nSPS) is 30.0. The summed E-state index contributed by atoms with van der Waals surface area (Å²) in [5.41, 5.74) is 0. The fourth-order valence-electron chi connectivity index (χ4n) is 4.26. The lowest BCUT2D eigenvalue weighted by Crippen LogP contribution is -2.52. The number of piperidine rings is 1. The second-order valence-electron chi connectivity index (χ2n) is 6.88. The summed E-state index contributed by atoms with van der Waals surface area (Å²) in [6, 6.07) is 0. The van der Waals surface area contributed by atoms with Crippen LogP contribution in [0.25, 0.3) is 0 Å². The molecule has 8 heteroatoms. The summed E-state index contributed by atoms with van der Waals surface area (Å²) < 4.78 is 34.1. The van der Waals surface area contributed by atoms with E-state index in [1.54, 1.807) is 12.0 Å². The maximum atomic E-state index is 12.8. The quantitative estimate of drug-likeness (QED) is 0.630. The summed E-state index contributed by atoms with van der Waals surface area (Å²) in [6.07, 6.45) is 3.66. The average molecular weight is 377 g/mol. The van der Waals surface area contributed by atoms with Crippen LogP contribution in [-0.4, -0.2) is 57.4 Å². The van der Waals surface area contributed by atoms with Crippen LogP contribution in [0.15, 0.2) is 0 Å². The molecule has 25 heavy (non-hydrogen) atoms. The van der Waals surface area contributed by atoms with E-state index in [0.29, 0.717) is 43.7 Å². The van der Waals surface area contributed by atoms with Crippen molar-refractivity contribution in [1.82, 2.24) is 4.90 Å². The number of hydrogen-bond donors (Lipinski definition) is 0. The first-order valence-corrected chi connectivity index (χ1v) is 10.9. The molecule has 0 radical (unpaired) electrons. The van der Waals surface area contributed by atoms with Crippen molar-refractivity contribution in [2.75, 3.05) is 40.1 Å². The molecule has 7 nitrogen and oxygen atoms in total. The molecule has 2 fully saturated rings. The van der Waals surface area contributed by atoms with Crippen molar-refractivity contribution >= 4 is 13.7 Å². The molecule has 1 saturated carbocycles. The van der Waals surface area contributed by atoms with Gasteiger partial charge in [-0.3, -0.25) is 9.46 Å². The molecule has 0 aromatic carbocycles. The van der Waals surface area contributed by atoms with Gasteiger partial charge >= 0.3 is 13.7 Å². The highest BCUT2D eigenvalue weighted by Gasteiger charge is 2.43. The van der Waals surface area contributed by atoms with Gasteiger partial charge in [-0.2, -0.15) is 0 Å². The molecule has 1 amide bonds. The Morgan fingerprint density at radius 1 is 1.08 bits per heavy atom. The summed E-state index contributed by atoms with van der Waals surface area (Å²) in [7, 11) is 0.0188.